The van der Waals surface area contributed by atoms with Crippen molar-refractivity contribution in [2.75, 3.05) is 12.8 Å². The predicted octanol–water partition coefficient (Wildman–Crippen LogP) is 1.03. The van der Waals surface area contributed by atoms with Crippen molar-refractivity contribution in [3.63, 3.8) is 0 Å². The number of rotatable bonds is 5. The van der Waals surface area contributed by atoms with Gasteiger partial charge < -0.3 is 10.3 Å². The monoisotopic (exact) mass is 253 g/mol. The summed E-state index contributed by atoms with van der Waals surface area (Å²) in [6.07, 6.45) is 7.61. The normalized spacial score (nSPS) is 10.7. The fourth-order valence-electron chi connectivity index (χ4n) is 1.15. The van der Waals surface area contributed by atoms with E-state index in [0.717, 1.165) is 0 Å². The zero-order valence-corrected chi connectivity index (χ0v) is 10.6. The van der Waals surface area contributed by atoms with Gasteiger partial charge in [-0.2, -0.15) is 0 Å². The Labute approximate surface area is 104 Å². The van der Waals surface area contributed by atoms with E-state index in [2.05, 4.69) is 15.3 Å². The Kier molecular flexibility index (Phi) is 5.48. The topological polar surface area (TPSA) is 74.8 Å². The molecule has 0 saturated carbocycles. The number of aromatic nitrogens is 2. The van der Waals surface area contributed by atoms with Crippen LogP contribution in [0.2, 0.25) is 0 Å². The number of aromatic amines is 1. The number of nitrogens with zero attached hydrogens (tertiary/aromatic N) is 1. The number of amides is 1. The molecular formula is C11H15N3O2S. The smallest absolute Gasteiger partial charge is 0.258 e. The van der Waals surface area contributed by atoms with Crippen LogP contribution < -0.4 is 10.9 Å². The van der Waals surface area contributed by atoms with Crippen molar-refractivity contribution in [3.05, 3.63) is 28.2 Å². The molecule has 0 aliphatic heterocycles. The lowest BCUT2D eigenvalue weighted by molar-refractivity contribution is -0.118. The second-order valence-corrected chi connectivity index (χ2v) is 4.15. The van der Waals surface area contributed by atoms with E-state index in [4.69, 9.17) is 0 Å². The Balaban J connectivity index is 2.54. The summed E-state index contributed by atoms with van der Waals surface area (Å²) in [5.74, 6) is -0.0535. The van der Waals surface area contributed by atoms with Gasteiger partial charge in [0.05, 0.1) is 5.56 Å². The summed E-state index contributed by atoms with van der Waals surface area (Å²) in [4.78, 5) is 28.9. The number of thioether (sulfide) groups is 1. The molecule has 92 valence electrons. The predicted molar refractivity (Wildman–Crippen MR) is 69.0 cm³/mol. The maximum absolute atomic E-state index is 11.5. The fourth-order valence-corrected chi connectivity index (χ4v) is 1.51. The van der Waals surface area contributed by atoms with Gasteiger partial charge in [0.2, 0.25) is 5.91 Å². The van der Waals surface area contributed by atoms with Gasteiger partial charge >= 0.3 is 0 Å². The summed E-state index contributed by atoms with van der Waals surface area (Å²) in [6.45, 7) is 2.04. The largest absolute Gasteiger partial charge is 0.356 e. The van der Waals surface area contributed by atoms with E-state index < -0.39 is 0 Å². The zero-order valence-electron chi connectivity index (χ0n) is 9.82. The van der Waals surface area contributed by atoms with E-state index in [1.807, 2.05) is 12.3 Å². The summed E-state index contributed by atoms with van der Waals surface area (Å²) in [7, 11) is 0. The van der Waals surface area contributed by atoms with E-state index in [-0.39, 0.29) is 11.5 Å². The van der Waals surface area contributed by atoms with Gasteiger partial charge in [-0.25, -0.2) is 4.98 Å². The van der Waals surface area contributed by atoms with Gasteiger partial charge in [-0.3, -0.25) is 9.59 Å². The molecule has 1 aromatic rings. The first-order valence-electron chi connectivity index (χ1n) is 5.17. The quantitative estimate of drug-likeness (QED) is 0.467. The molecular weight excluding hydrogens is 238 g/mol. The van der Waals surface area contributed by atoms with Crippen LogP contribution in [-0.2, 0) is 4.79 Å². The standard InChI is InChI=1S/C11H15N3O2S/c1-8(15)12-6-4-3-5-9-7-13-11(17-2)14-10(9)16/h3,5,7H,4,6H2,1-2H3,(H,12,15)(H,13,14,16). The molecule has 0 unspecified atom stereocenters. The molecule has 2 N–H and O–H groups in total. The Hall–Kier alpha value is -1.56. The van der Waals surface area contributed by atoms with E-state index in [9.17, 15) is 9.59 Å². The van der Waals surface area contributed by atoms with Crippen LogP contribution in [0.3, 0.4) is 0 Å². The number of nitrogens with one attached hydrogen (secondary N) is 2. The molecule has 1 rings (SSSR count). The molecule has 0 saturated heterocycles. The number of hydrogen-bond donors (Lipinski definition) is 2. The zero-order chi connectivity index (χ0) is 12.7. The molecule has 6 heteroatoms. The molecule has 0 spiro atoms. The van der Waals surface area contributed by atoms with Crippen molar-refractivity contribution in [2.45, 2.75) is 18.5 Å². The van der Waals surface area contributed by atoms with Crippen LogP contribution in [-0.4, -0.2) is 28.7 Å². The molecule has 1 heterocycles. The third-order valence-corrected chi connectivity index (χ3v) is 2.57. The molecule has 0 aliphatic rings. The lowest BCUT2D eigenvalue weighted by Gasteiger charge is -1.97. The second-order valence-electron chi connectivity index (χ2n) is 3.35. The number of H-pyrrole nitrogens is 1. The van der Waals surface area contributed by atoms with Crippen molar-refractivity contribution in [1.29, 1.82) is 0 Å². The highest BCUT2D eigenvalue weighted by molar-refractivity contribution is 7.98. The molecule has 0 atom stereocenters. The Morgan fingerprint density at radius 1 is 1.65 bits per heavy atom. The highest BCUT2D eigenvalue weighted by Gasteiger charge is 1.97. The second kappa shape index (κ2) is 6.90. The molecule has 0 aliphatic carbocycles. The molecule has 0 aromatic carbocycles. The minimum Gasteiger partial charge on any atom is -0.356 e. The third kappa shape index (κ3) is 4.86. The average molecular weight is 253 g/mol. The average Bonchev–Trinajstić information content (AvgIpc) is 2.30. The molecule has 0 radical (unpaired) electrons. The Morgan fingerprint density at radius 3 is 3.00 bits per heavy atom. The van der Waals surface area contributed by atoms with Crippen molar-refractivity contribution < 1.29 is 4.79 Å². The molecule has 0 bridgehead atoms. The van der Waals surface area contributed by atoms with Gasteiger partial charge in [0, 0.05) is 19.7 Å². The van der Waals surface area contributed by atoms with Crippen LogP contribution in [0.4, 0.5) is 0 Å². The van der Waals surface area contributed by atoms with Gasteiger partial charge in [0.15, 0.2) is 5.16 Å². The molecule has 1 amide bonds. The number of carbonyl (C=O) groups is 1. The van der Waals surface area contributed by atoms with Gasteiger partial charge in [-0.05, 0) is 12.7 Å². The van der Waals surface area contributed by atoms with Crippen LogP contribution in [0, 0.1) is 0 Å². The van der Waals surface area contributed by atoms with Crippen molar-refractivity contribution in [2.24, 2.45) is 0 Å². The van der Waals surface area contributed by atoms with Gasteiger partial charge in [-0.15, -0.1) is 0 Å². The van der Waals surface area contributed by atoms with E-state index in [1.165, 1.54) is 18.7 Å². The number of hydrogen-bond acceptors (Lipinski definition) is 4. The number of carbonyl (C=O) groups excluding carboxylic acids is 1. The first kappa shape index (κ1) is 13.5. The van der Waals surface area contributed by atoms with E-state index >= 15 is 0 Å². The lowest BCUT2D eigenvalue weighted by atomic mass is 10.2. The highest BCUT2D eigenvalue weighted by Crippen LogP contribution is 2.04. The molecule has 1 aromatic heterocycles. The van der Waals surface area contributed by atoms with Gasteiger partial charge in [0.25, 0.3) is 5.56 Å². The fraction of sp³-hybridized carbons (Fsp3) is 0.364. The van der Waals surface area contributed by atoms with Crippen LogP contribution >= 0.6 is 11.8 Å². The molecule has 17 heavy (non-hydrogen) atoms. The van der Waals surface area contributed by atoms with Crippen LogP contribution in [0.5, 0.6) is 0 Å². The minimum absolute atomic E-state index is 0.0535. The van der Waals surface area contributed by atoms with Gasteiger partial charge in [-0.1, -0.05) is 23.9 Å². The SMILES string of the molecule is CSc1ncc(C=CCCNC(C)=O)c(=O)[nH]1. The lowest BCUT2D eigenvalue weighted by Crippen LogP contribution is -2.20. The molecule has 5 nitrogen and oxygen atoms in total. The Morgan fingerprint density at radius 2 is 2.41 bits per heavy atom. The van der Waals surface area contributed by atoms with Gasteiger partial charge in [0.1, 0.15) is 0 Å². The first-order chi connectivity index (χ1) is 8.13. The van der Waals surface area contributed by atoms with E-state index in [0.29, 0.717) is 23.7 Å². The highest BCUT2D eigenvalue weighted by atomic mass is 32.2. The maximum atomic E-state index is 11.5. The van der Waals surface area contributed by atoms with E-state index in [1.54, 1.807) is 12.3 Å². The first-order valence-corrected chi connectivity index (χ1v) is 6.40. The summed E-state index contributed by atoms with van der Waals surface area (Å²) in [5.41, 5.74) is 0.366. The summed E-state index contributed by atoms with van der Waals surface area (Å²) in [5, 5.41) is 3.27. The van der Waals surface area contributed by atoms with Crippen molar-refractivity contribution in [1.82, 2.24) is 15.3 Å². The van der Waals surface area contributed by atoms with Crippen molar-refractivity contribution >= 4 is 23.7 Å². The van der Waals surface area contributed by atoms with Crippen LogP contribution in [0.15, 0.2) is 22.2 Å². The maximum Gasteiger partial charge on any atom is 0.258 e. The van der Waals surface area contributed by atoms with Crippen LogP contribution in [0.25, 0.3) is 6.08 Å². The van der Waals surface area contributed by atoms with Crippen LogP contribution in [0.1, 0.15) is 18.9 Å². The summed E-state index contributed by atoms with van der Waals surface area (Å²) in [6, 6.07) is 0. The summed E-state index contributed by atoms with van der Waals surface area (Å²) < 4.78 is 0. The van der Waals surface area contributed by atoms with Crippen molar-refractivity contribution in [3.8, 4) is 0 Å². The summed E-state index contributed by atoms with van der Waals surface area (Å²) >= 11 is 1.39. The third-order valence-electron chi connectivity index (χ3n) is 1.98. The molecule has 0 fully saturated rings. The Bertz CT molecular complexity index is 468. The minimum atomic E-state index is -0.153.